The zero-order valence-electron chi connectivity index (χ0n) is 17.4. The molecule has 0 fully saturated rings. The van der Waals surface area contributed by atoms with E-state index in [0.29, 0.717) is 36.5 Å². The van der Waals surface area contributed by atoms with E-state index in [1.165, 1.54) is 0 Å². The Hall–Kier alpha value is -3.04. The van der Waals surface area contributed by atoms with Crippen molar-refractivity contribution in [3.63, 3.8) is 0 Å². The Kier molecular flexibility index (Phi) is 5.63. The minimum atomic E-state index is -0.516. The average molecular weight is 479 g/mol. The van der Waals surface area contributed by atoms with Crippen LogP contribution in [-0.2, 0) is 16.1 Å². The maximum Gasteiger partial charge on any atom is 0.205 e. The summed E-state index contributed by atoms with van der Waals surface area (Å²) in [6, 6.07) is 17.6. The van der Waals surface area contributed by atoms with Gasteiger partial charge in [-0.2, -0.15) is 5.26 Å². The Morgan fingerprint density at radius 2 is 1.84 bits per heavy atom. The van der Waals surface area contributed by atoms with Crippen LogP contribution in [0.4, 0.5) is 0 Å². The Morgan fingerprint density at radius 1 is 1.16 bits per heavy atom. The summed E-state index contributed by atoms with van der Waals surface area (Å²) in [5.74, 6) is 0.857. The lowest BCUT2D eigenvalue weighted by molar-refractivity contribution is -0.119. The van der Waals surface area contributed by atoms with Crippen molar-refractivity contribution in [1.29, 1.82) is 5.26 Å². The second-order valence-corrected chi connectivity index (χ2v) is 9.60. The lowest BCUT2D eigenvalue weighted by atomic mass is 9.70. The van der Waals surface area contributed by atoms with Crippen molar-refractivity contribution in [2.75, 3.05) is 0 Å². The number of nitrogens with two attached hydrogens (primary N) is 1. The van der Waals surface area contributed by atoms with Crippen molar-refractivity contribution < 1.29 is 14.3 Å². The second-order valence-electron chi connectivity index (χ2n) is 8.69. The molecule has 2 aliphatic rings. The average Bonchev–Trinajstić information content (AvgIpc) is 2.72. The van der Waals surface area contributed by atoms with E-state index in [1.54, 1.807) is 0 Å². The van der Waals surface area contributed by atoms with Crippen LogP contribution in [0.2, 0.25) is 0 Å². The van der Waals surface area contributed by atoms with E-state index >= 15 is 0 Å². The van der Waals surface area contributed by atoms with Crippen molar-refractivity contribution in [3.8, 4) is 11.8 Å². The molecule has 0 amide bonds. The molecule has 31 heavy (non-hydrogen) atoms. The molecule has 0 saturated heterocycles. The molecule has 0 spiro atoms. The summed E-state index contributed by atoms with van der Waals surface area (Å²) in [4.78, 5) is 13.0. The van der Waals surface area contributed by atoms with E-state index in [-0.39, 0.29) is 22.7 Å². The molecule has 5 nitrogen and oxygen atoms in total. The van der Waals surface area contributed by atoms with E-state index in [0.717, 1.165) is 15.6 Å². The molecule has 1 atom stereocenters. The predicted octanol–water partition coefficient (Wildman–Crippen LogP) is 5.48. The Labute approximate surface area is 190 Å². The highest BCUT2D eigenvalue weighted by Crippen LogP contribution is 2.47. The first-order valence-corrected chi connectivity index (χ1v) is 10.9. The fourth-order valence-electron chi connectivity index (χ4n) is 4.12. The van der Waals surface area contributed by atoms with Crippen LogP contribution >= 0.6 is 15.9 Å². The monoisotopic (exact) mass is 478 g/mol. The van der Waals surface area contributed by atoms with Gasteiger partial charge >= 0.3 is 0 Å². The van der Waals surface area contributed by atoms with Crippen LogP contribution in [0.5, 0.6) is 5.75 Å². The first-order valence-electron chi connectivity index (χ1n) is 10.1. The van der Waals surface area contributed by atoms with Gasteiger partial charge in [-0.1, -0.05) is 54.0 Å². The Balaban J connectivity index is 1.61. The molecule has 0 bridgehead atoms. The summed E-state index contributed by atoms with van der Waals surface area (Å²) in [6.07, 6.45) is 1.02. The van der Waals surface area contributed by atoms with E-state index < -0.39 is 5.92 Å². The number of ketones is 1. The molecule has 1 aliphatic carbocycles. The van der Waals surface area contributed by atoms with Gasteiger partial charge in [-0.25, -0.2) is 0 Å². The summed E-state index contributed by atoms with van der Waals surface area (Å²) >= 11 is 3.42. The highest BCUT2D eigenvalue weighted by molar-refractivity contribution is 9.10. The number of nitrogens with zero attached hydrogens (tertiary/aromatic N) is 1. The molecule has 6 heteroatoms. The van der Waals surface area contributed by atoms with Crippen LogP contribution < -0.4 is 10.5 Å². The number of carbonyl (C=O) groups excluding carboxylic acids is 1. The summed E-state index contributed by atoms with van der Waals surface area (Å²) in [5.41, 5.74) is 8.58. The third-order valence-electron chi connectivity index (χ3n) is 5.61. The molecule has 1 aliphatic heterocycles. The smallest absolute Gasteiger partial charge is 0.205 e. The van der Waals surface area contributed by atoms with Crippen LogP contribution in [0.3, 0.4) is 0 Å². The maximum absolute atomic E-state index is 13.0. The molecule has 0 aromatic heterocycles. The fourth-order valence-corrected chi connectivity index (χ4v) is 4.39. The number of halogens is 1. The summed E-state index contributed by atoms with van der Waals surface area (Å²) < 4.78 is 12.6. The molecule has 158 valence electrons. The van der Waals surface area contributed by atoms with Crippen molar-refractivity contribution in [1.82, 2.24) is 0 Å². The van der Waals surface area contributed by atoms with E-state index in [1.807, 2.05) is 62.4 Å². The van der Waals surface area contributed by atoms with Gasteiger partial charge in [-0.15, -0.1) is 0 Å². The standard InChI is InChI=1S/C25H23BrN2O3/c1-25(2)11-20(29)23-21(12-25)31-24(28)19(13-27)22(23)16-5-9-18(10-6-16)30-14-15-3-7-17(26)8-4-15/h3-10,22H,11-12,14,28H2,1-2H3. The molecule has 2 N–H and O–H groups in total. The first-order chi connectivity index (χ1) is 14.8. The quantitative estimate of drug-likeness (QED) is 0.628. The first kappa shape index (κ1) is 21.2. The van der Waals surface area contributed by atoms with Gasteiger partial charge in [0.15, 0.2) is 5.78 Å². The number of rotatable bonds is 4. The van der Waals surface area contributed by atoms with Gasteiger partial charge < -0.3 is 15.2 Å². The van der Waals surface area contributed by atoms with E-state index in [2.05, 4.69) is 22.0 Å². The summed E-state index contributed by atoms with van der Waals surface area (Å²) in [6.45, 7) is 4.51. The van der Waals surface area contributed by atoms with Crippen molar-refractivity contribution in [3.05, 3.63) is 86.9 Å². The summed E-state index contributed by atoms with van der Waals surface area (Å²) in [7, 11) is 0. The normalized spacial score (nSPS) is 20.1. The minimum absolute atomic E-state index is 0.00654. The number of Topliss-reactive ketones (excluding diaryl/α,β-unsaturated/α-hetero) is 1. The number of benzene rings is 2. The number of carbonyl (C=O) groups is 1. The fraction of sp³-hybridized carbons (Fsp3) is 0.280. The molecular formula is C25H23BrN2O3. The predicted molar refractivity (Wildman–Crippen MR) is 121 cm³/mol. The number of allylic oxidation sites excluding steroid dienone is 3. The molecule has 0 radical (unpaired) electrons. The molecule has 0 saturated carbocycles. The third kappa shape index (κ3) is 4.38. The number of nitriles is 1. The Bertz CT molecular complexity index is 1120. The van der Waals surface area contributed by atoms with Crippen LogP contribution in [-0.4, -0.2) is 5.78 Å². The van der Waals surface area contributed by atoms with Gasteiger partial charge in [-0.05, 0) is 40.8 Å². The lowest BCUT2D eigenvalue weighted by Crippen LogP contribution is -2.33. The van der Waals surface area contributed by atoms with Gasteiger partial charge in [0, 0.05) is 22.9 Å². The van der Waals surface area contributed by atoms with Crippen LogP contribution in [0, 0.1) is 16.7 Å². The highest BCUT2D eigenvalue weighted by Gasteiger charge is 2.42. The molecule has 4 rings (SSSR count). The molecule has 1 heterocycles. The third-order valence-corrected chi connectivity index (χ3v) is 6.14. The molecule has 2 aromatic rings. The minimum Gasteiger partial charge on any atom is -0.489 e. The molecule has 2 aromatic carbocycles. The zero-order chi connectivity index (χ0) is 22.2. The van der Waals surface area contributed by atoms with Gasteiger partial charge in [0.25, 0.3) is 0 Å². The topological polar surface area (TPSA) is 85.3 Å². The van der Waals surface area contributed by atoms with Crippen molar-refractivity contribution >= 4 is 21.7 Å². The van der Waals surface area contributed by atoms with Gasteiger partial charge in [0.1, 0.15) is 29.8 Å². The van der Waals surface area contributed by atoms with E-state index in [4.69, 9.17) is 15.2 Å². The van der Waals surface area contributed by atoms with Gasteiger partial charge in [-0.3, -0.25) is 4.79 Å². The van der Waals surface area contributed by atoms with Crippen LogP contribution in [0.15, 0.2) is 75.8 Å². The number of ether oxygens (including phenoxy) is 2. The highest BCUT2D eigenvalue weighted by atomic mass is 79.9. The van der Waals surface area contributed by atoms with Crippen LogP contribution in [0.1, 0.15) is 43.7 Å². The maximum atomic E-state index is 13.0. The van der Waals surface area contributed by atoms with Gasteiger partial charge in [0.05, 0.1) is 5.92 Å². The second kappa shape index (κ2) is 8.24. The Morgan fingerprint density at radius 3 is 2.48 bits per heavy atom. The van der Waals surface area contributed by atoms with Gasteiger partial charge in [0.2, 0.25) is 5.88 Å². The SMILES string of the molecule is CC1(C)CC(=O)C2=C(C1)OC(N)=C(C#N)C2c1ccc(OCc2ccc(Br)cc2)cc1. The zero-order valence-corrected chi connectivity index (χ0v) is 19.0. The molecular weight excluding hydrogens is 456 g/mol. The largest absolute Gasteiger partial charge is 0.489 e. The number of hydrogen-bond donors (Lipinski definition) is 1. The van der Waals surface area contributed by atoms with Crippen molar-refractivity contribution in [2.24, 2.45) is 11.1 Å². The van der Waals surface area contributed by atoms with E-state index in [9.17, 15) is 10.1 Å². The van der Waals surface area contributed by atoms with Crippen molar-refractivity contribution in [2.45, 2.75) is 39.2 Å². The number of hydrogen-bond acceptors (Lipinski definition) is 5. The summed E-state index contributed by atoms with van der Waals surface area (Å²) in [5, 5.41) is 9.73. The lowest BCUT2D eigenvalue weighted by Gasteiger charge is -2.37. The molecule has 1 unspecified atom stereocenters. The van der Waals surface area contributed by atoms with Crippen LogP contribution in [0.25, 0.3) is 0 Å².